The van der Waals surface area contributed by atoms with Crippen molar-refractivity contribution in [3.8, 4) is 0 Å². The number of morpholine rings is 1. The molecule has 1 heterocycles. The number of ether oxygens (including phenoxy) is 2. The first-order chi connectivity index (χ1) is 11.1. The number of esters is 1. The van der Waals surface area contributed by atoms with E-state index in [-0.39, 0.29) is 13.0 Å². The van der Waals surface area contributed by atoms with E-state index in [0.29, 0.717) is 37.7 Å². The number of rotatable bonds is 5. The van der Waals surface area contributed by atoms with Crippen LogP contribution in [-0.2, 0) is 14.3 Å². The summed E-state index contributed by atoms with van der Waals surface area (Å²) in [6.07, 6.45) is 0.0755. The van der Waals surface area contributed by atoms with Crippen LogP contribution in [0.2, 0.25) is 0 Å². The number of carbonyl (C=O) groups is 2. The van der Waals surface area contributed by atoms with Gasteiger partial charge in [-0.25, -0.2) is 9.18 Å². The predicted molar refractivity (Wildman–Crippen MR) is 83.1 cm³/mol. The van der Waals surface area contributed by atoms with Crippen molar-refractivity contribution >= 4 is 23.4 Å². The van der Waals surface area contributed by atoms with Crippen molar-refractivity contribution < 1.29 is 23.5 Å². The number of hydrogen-bond acceptors (Lipinski definition) is 5. The molecule has 1 saturated heterocycles. The van der Waals surface area contributed by atoms with Crippen LogP contribution in [0.3, 0.4) is 0 Å². The second-order valence-electron chi connectivity index (χ2n) is 5.00. The highest BCUT2D eigenvalue weighted by Crippen LogP contribution is 2.22. The average Bonchev–Trinajstić information content (AvgIpc) is 2.55. The van der Waals surface area contributed by atoms with Gasteiger partial charge in [0, 0.05) is 31.0 Å². The smallest absolute Gasteiger partial charge is 0.319 e. The van der Waals surface area contributed by atoms with Gasteiger partial charge in [0.1, 0.15) is 5.82 Å². The van der Waals surface area contributed by atoms with Crippen molar-refractivity contribution in [1.82, 2.24) is 5.32 Å². The first-order valence-corrected chi connectivity index (χ1v) is 7.33. The van der Waals surface area contributed by atoms with E-state index in [1.165, 1.54) is 19.2 Å². The Balaban J connectivity index is 1.92. The van der Waals surface area contributed by atoms with Crippen LogP contribution in [0.4, 0.5) is 20.6 Å². The molecule has 0 spiro atoms. The number of amides is 2. The molecule has 2 amide bonds. The Morgan fingerprint density at radius 1 is 1.30 bits per heavy atom. The van der Waals surface area contributed by atoms with Crippen LogP contribution in [0.5, 0.6) is 0 Å². The van der Waals surface area contributed by atoms with E-state index >= 15 is 0 Å². The van der Waals surface area contributed by atoms with Gasteiger partial charge in [-0.15, -0.1) is 0 Å². The summed E-state index contributed by atoms with van der Waals surface area (Å²) >= 11 is 0. The van der Waals surface area contributed by atoms with E-state index < -0.39 is 17.8 Å². The minimum absolute atomic E-state index is 0.0755. The standard InChI is InChI=1S/C15H20FN3O4/c1-22-14(20)2-3-17-15(21)18-12-8-11(16)9-13(10-12)19-4-6-23-7-5-19/h8-10H,2-7H2,1H3,(H2,17,18,21). The summed E-state index contributed by atoms with van der Waals surface area (Å²) in [4.78, 5) is 24.7. The number of benzene rings is 1. The second-order valence-corrected chi connectivity index (χ2v) is 5.00. The number of nitrogens with zero attached hydrogens (tertiary/aromatic N) is 1. The fourth-order valence-electron chi connectivity index (χ4n) is 2.21. The molecule has 1 aromatic rings. The predicted octanol–water partition coefficient (Wildman–Crippen LogP) is 1.35. The van der Waals surface area contributed by atoms with Crippen LogP contribution in [0, 0.1) is 5.82 Å². The molecule has 0 radical (unpaired) electrons. The monoisotopic (exact) mass is 325 g/mol. The Morgan fingerprint density at radius 2 is 2.04 bits per heavy atom. The van der Waals surface area contributed by atoms with Crippen LogP contribution in [0.25, 0.3) is 0 Å². The maximum atomic E-state index is 13.7. The summed E-state index contributed by atoms with van der Waals surface area (Å²) < 4.78 is 23.5. The molecule has 0 bridgehead atoms. The van der Waals surface area contributed by atoms with E-state index in [9.17, 15) is 14.0 Å². The molecule has 8 heteroatoms. The van der Waals surface area contributed by atoms with Gasteiger partial charge >= 0.3 is 12.0 Å². The summed E-state index contributed by atoms with van der Waals surface area (Å²) in [5.74, 6) is -0.843. The molecule has 126 valence electrons. The molecular weight excluding hydrogens is 305 g/mol. The highest BCUT2D eigenvalue weighted by atomic mass is 19.1. The lowest BCUT2D eigenvalue weighted by Gasteiger charge is -2.29. The molecule has 2 N–H and O–H groups in total. The third kappa shape index (κ3) is 5.41. The molecule has 0 saturated carbocycles. The molecule has 1 aliphatic rings. The van der Waals surface area contributed by atoms with Crippen LogP contribution in [0.15, 0.2) is 18.2 Å². The lowest BCUT2D eigenvalue weighted by Crippen LogP contribution is -2.36. The number of urea groups is 1. The minimum Gasteiger partial charge on any atom is -0.469 e. The zero-order valence-electron chi connectivity index (χ0n) is 12.9. The summed E-state index contributed by atoms with van der Waals surface area (Å²) in [6.45, 7) is 2.67. The fourth-order valence-corrected chi connectivity index (χ4v) is 2.21. The van der Waals surface area contributed by atoms with Gasteiger partial charge in [-0.3, -0.25) is 4.79 Å². The fraction of sp³-hybridized carbons (Fsp3) is 0.467. The van der Waals surface area contributed by atoms with Gasteiger partial charge in [0.05, 0.1) is 26.7 Å². The molecule has 1 aliphatic heterocycles. The number of carbonyl (C=O) groups excluding carboxylic acids is 2. The molecule has 0 aromatic heterocycles. The molecule has 2 rings (SSSR count). The molecule has 7 nitrogen and oxygen atoms in total. The summed E-state index contributed by atoms with van der Waals surface area (Å²) in [6, 6.07) is 3.86. The minimum atomic E-state index is -0.507. The van der Waals surface area contributed by atoms with Crippen molar-refractivity contribution in [1.29, 1.82) is 0 Å². The zero-order valence-corrected chi connectivity index (χ0v) is 12.9. The molecule has 1 fully saturated rings. The Labute approximate surface area is 133 Å². The number of methoxy groups -OCH3 is 1. The molecule has 0 unspecified atom stereocenters. The third-order valence-electron chi connectivity index (χ3n) is 3.36. The van der Waals surface area contributed by atoms with Gasteiger partial charge in [-0.1, -0.05) is 0 Å². The molecule has 23 heavy (non-hydrogen) atoms. The highest BCUT2D eigenvalue weighted by Gasteiger charge is 2.14. The first kappa shape index (κ1) is 17.0. The summed E-state index contributed by atoms with van der Waals surface area (Å²) in [7, 11) is 1.28. The van der Waals surface area contributed by atoms with Crippen LogP contribution in [0.1, 0.15) is 6.42 Å². The van der Waals surface area contributed by atoms with E-state index in [2.05, 4.69) is 15.4 Å². The van der Waals surface area contributed by atoms with Gasteiger partial charge in [-0.2, -0.15) is 0 Å². The van der Waals surface area contributed by atoms with Crippen LogP contribution < -0.4 is 15.5 Å². The number of hydrogen-bond donors (Lipinski definition) is 2. The molecule has 0 atom stereocenters. The van der Waals surface area contributed by atoms with Crippen molar-refractivity contribution in [3.05, 3.63) is 24.0 Å². The maximum Gasteiger partial charge on any atom is 0.319 e. The Kier molecular flexibility index (Phi) is 6.16. The first-order valence-electron chi connectivity index (χ1n) is 7.33. The number of halogens is 1. The number of anilines is 2. The largest absolute Gasteiger partial charge is 0.469 e. The van der Waals surface area contributed by atoms with E-state index in [0.717, 1.165) is 0 Å². The Bertz CT molecular complexity index is 562. The third-order valence-corrected chi connectivity index (χ3v) is 3.36. The molecular formula is C15H20FN3O4. The highest BCUT2D eigenvalue weighted by molar-refractivity contribution is 5.90. The van der Waals surface area contributed by atoms with Crippen molar-refractivity contribution in [3.63, 3.8) is 0 Å². The van der Waals surface area contributed by atoms with Crippen molar-refractivity contribution in [2.45, 2.75) is 6.42 Å². The second kappa shape index (κ2) is 8.33. The van der Waals surface area contributed by atoms with Gasteiger partial charge < -0.3 is 25.0 Å². The SMILES string of the molecule is COC(=O)CCNC(=O)Nc1cc(F)cc(N2CCOCC2)c1. The Hall–Kier alpha value is -2.35. The topological polar surface area (TPSA) is 79.9 Å². The normalized spacial score (nSPS) is 14.3. The summed E-state index contributed by atoms with van der Waals surface area (Å²) in [5.41, 5.74) is 1.04. The van der Waals surface area contributed by atoms with Crippen molar-refractivity contribution in [2.24, 2.45) is 0 Å². The average molecular weight is 325 g/mol. The Morgan fingerprint density at radius 3 is 2.74 bits per heavy atom. The summed E-state index contributed by atoms with van der Waals surface area (Å²) in [5, 5.41) is 5.06. The van der Waals surface area contributed by atoms with Gasteiger partial charge in [0.15, 0.2) is 0 Å². The van der Waals surface area contributed by atoms with Gasteiger partial charge in [-0.05, 0) is 18.2 Å². The lowest BCUT2D eigenvalue weighted by molar-refractivity contribution is -0.140. The quantitative estimate of drug-likeness (QED) is 0.799. The zero-order chi connectivity index (χ0) is 16.7. The maximum absolute atomic E-state index is 13.7. The number of nitrogens with one attached hydrogen (secondary N) is 2. The lowest BCUT2D eigenvalue weighted by atomic mass is 10.2. The molecule has 0 aliphatic carbocycles. The molecule has 1 aromatic carbocycles. The van der Waals surface area contributed by atoms with Gasteiger partial charge in [0.25, 0.3) is 0 Å². The van der Waals surface area contributed by atoms with Crippen molar-refractivity contribution in [2.75, 3.05) is 50.2 Å². The van der Waals surface area contributed by atoms with E-state index in [1.54, 1.807) is 6.07 Å². The van der Waals surface area contributed by atoms with E-state index in [1.807, 2.05) is 4.90 Å². The van der Waals surface area contributed by atoms with E-state index in [4.69, 9.17) is 4.74 Å². The van der Waals surface area contributed by atoms with Crippen LogP contribution >= 0.6 is 0 Å². The van der Waals surface area contributed by atoms with Crippen LogP contribution in [-0.4, -0.2) is 52.0 Å². The van der Waals surface area contributed by atoms with Gasteiger partial charge in [0.2, 0.25) is 0 Å².